The van der Waals surface area contributed by atoms with Crippen molar-refractivity contribution in [3.8, 4) is 0 Å². The molecule has 1 amide bonds. The van der Waals surface area contributed by atoms with Gasteiger partial charge in [-0.15, -0.1) is 11.3 Å². The van der Waals surface area contributed by atoms with Crippen LogP contribution in [0.2, 0.25) is 0 Å². The van der Waals surface area contributed by atoms with Crippen LogP contribution in [-0.2, 0) is 28.2 Å². The normalized spacial score (nSPS) is 27.5. The van der Waals surface area contributed by atoms with E-state index in [0.29, 0.717) is 19.1 Å². The third-order valence-electron chi connectivity index (χ3n) is 6.55. The van der Waals surface area contributed by atoms with E-state index < -0.39 is 0 Å². The molecule has 1 aromatic heterocycles. The number of aryl methyl sites for hydroxylation is 1. The SMILES string of the molecule is Cc1nc(CN2Cc3ccccc3C23COC(C(=O)NC2CCCC2)C3)cs1. The minimum atomic E-state index is -0.369. The Kier molecular flexibility index (Phi) is 4.73. The molecule has 1 saturated carbocycles. The van der Waals surface area contributed by atoms with Crippen LogP contribution >= 0.6 is 11.3 Å². The molecule has 1 aromatic carbocycles. The summed E-state index contributed by atoms with van der Waals surface area (Å²) in [6, 6.07) is 8.95. The van der Waals surface area contributed by atoms with E-state index in [9.17, 15) is 4.79 Å². The van der Waals surface area contributed by atoms with Crippen molar-refractivity contribution in [1.29, 1.82) is 0 Å². The van der Waals surface area contributed by atoms with Crippen LogP contribution in [0.1, 0.15) is 53.9 Å². The van der Waals surface area contributed by atoms with Crippen molar-refractivity contribution in [3.05, 3.63) is 51.5 Å². The first-order valence-electron chi connectivity index (χ1n) is 10.3. The minimum Gasteiger partial charge on any atom is -0.366 e. The summed E-state index contributed by atoms with van der Waals surface area (Å²) in [5.41, 5.74) is 3.53. The predicted molar refractivity (Wildman–Crippen MR) is 109 cm³/mol. The van der Waals surface area contributed by atoms with Crippen molar-refractivity contribution in [1.82, 2.24) is 15.2 Å². The lowest BCUT2D eigenvalue weighted by Gasteiger charge is -2.34. The number of nitrogens with zero attached hydrogens (tertiary/aromatic N) is 2. The zero-order valence-electron chi connectivity index (χ0n) is 16.3. The molecule has 2 unspecified atom stereocenters. The van der Waals surface area contributed by atoms with Crippen molar-refractivity contribution in [2.45, 2.75) is 69.8 Å². The number of benzene rings is 1. The zero-order chi connectivity index (χ0) is 19.1. The number of nitrogens with one attached hydrogen (secondary N) is 1. The Balaban J connectivity index is 1.38. The number of hydrogen-bond donors (Lipinski definition) is 1. The van der Waals surface area contributed by atoms with Gasteiger partial charge < -0.3 is 10.1 Å². The summed E-state index contributed by atoms with van der Waals surface area (Å²) in [5, 5.41) is 6.47. The second-order valence-corrected chi connectivity index (χ2v) is 9.46. The van der Waals surface area contributed by atoms with Crippen LogP contribution in [0.25, 0.3) is 0 Å². The van der Waals surface area contributed by atoms with Crippen LogP contribution in [0.15, 0.2) is 29.6 Å². The van der Waals surface area contributed by atoms with E-state index in [1.165, 1.54) is 24.0 Å². The summed E-state index contributed by atoms with van der Waals surface area (Å²) in [6.45, 7) is 4.28. The van der Waals surface area contributed by atoms with Crippen molar-refractivity contribution in [2.24, 2.45) is 0 Å². The molecular formula is C22H27N3O2S. The van der Waals surface area contributed by atoms with Crippen LogP contribution in [-0.4, -0.2) is 34.5 Å². The number of thiazole rings is 1. The average molecular weight is 398 g/mol. The van der Waals surface area contributed by atoms with E-state index in [0.717, 1.165) is 36.6 Å². The number of aromatic nitrogens is 1. The number of ether oxygens (including phenoxy) is 1. The molecule has 1 spiro atoms. The highest BCUT2D eigenvalue weighted by Crippen LogP contribution is 2.47. The minimum absolute atomic E-state index is 0.0672. The smallest absolute Gasteiger partial charge is 0.249 e. The van der Waals surface area contributed by atoms with Gasteiger partial charge in [-0.1, -0.05) is 37.1 Å². The van der Waals surface area contributed by atoms with Gasteiger partial charge in [-0.2, -0.15) is 0 Å². The molecule has 6 heteroatoms. The maximum Gasteiger partial charge on any atom is 0.249 e. The van der Waals surface area contributed by atoms with Gasteiger partial charge in [0.25, 0.3) is 0 Å². The maximum atomic E-state index is 12.9. The van der Waals surface area contributed by atoms with Crippen LogP contribution in [0, 0.1) is 6.92 Å². The molecular weight excluding hydrogens is 370 g/mol. The molecule has 1 N–H and O–H groups in total. The zero-order valence-corrected chi connectivity index (χ0v) is 17.1. The van der Waals surface area contributed by atoms with E-state index in [1.54, 1.807) is 11.3 Å². The van der Waals surface area contributed by atoms with E-state index >= 15 is 0 Å². The van der Waals surface area contributed by atoms with Crippen molar-refractivity contribution >= 4 is 17.2 Å². The second kappa shape index (κ2) is 7.25. The highest BCUT2D eigenvalue weighted by molar-refractivity contribution is 7.09. The Morgan fingerprint density at radius 3 is 2.96 bits per heavy atom. The highest BCUT2D eigenvalue weighted by Gasteiger charge is 2.52. The number of carbonyl (C=O) groups excluding carboxylic acids is 1. The molecule has 0 bridgehead atoms. The molecule has 1 aliphatic carbocycles. The van der Waals surface area contributed by atoms with Crippen LogP contribution in [0.3, 0.4) is 0 Å². The summed E-state index contributed by atoms with van der Waals surface area (Å²) in [6.07, 6.45) is 4.98. The quantitative estimate of drug-likeness (QED) is 0.858. The number of fused-ring (bicyclic) bond motifs is 2. The molecule has 5 nitrogen and oxygen atoms in total. The average Bonchev–Trinajstić information content (AvgIpc) is 3.46. The van der Waals surface area contributed by atoms with Crippen molar-refractivity contribution in [3.63, 3.8) is 0 Å². The standard InChI is InChI=1S/C22H27N3O2S/c1-15-23-18(13-28-15)12-25-11-16-6-2-5-9-19(16)22(25)10-20(27-14-22)21(26)24-17-7-3-4-8-17/h2,5-6,9,13,17,20H,3-4,7-8,10-12,14H2,1H3,(H,24,26). The molecule has 3 heterocycles. The Morgan fingerprint density at radius 1 is 1.36 bits per heavy atom. The largest absolute Gasteiger partial charge is 0.366 e. The molecule has 1 saturated heterocycles. The van der Waals surface area contributed by atoms with Crippen LogP contribution in [0.5, 0.6) is 0 Å². The molecule has 2 fully saturated rings. The Morgan fingerprint density at radius 2 is 2.18 bits per heavy atom. The van der Waals surface area contributed by atoms with Gasteiger partial charge in [-0.05, 0) is 30.9 Å². The van der Waals surface area contributed by atoms with E-state index in [4.69, 9.17) is 4.74 Å². The first-order valence-corrected chi connectivity index (χ1v) is 11.2. The van der Waals surface area contributed by atoms with Crippen molar-refractivity contribution < 1.29 is 9.53 Å². The second-order valence-electron chi connectivity index (χ2n) is 8.40. The number of hydrogen-bond acceptors (Lipinski definition) is 5. The fourth-order valence-electron chi connectivity index (χ4n) is 5.13. The molecule has 2 atom stereocenters. The van der Waals surface area contributed by atoms with Crippen molar-refractivity contribution in [2.75, 3.05) is 6.61 Å². The molecule has 0 radical (unpaired) electrons. The molecule has 2 aliphatic heterocycles. The number of carbonyl (C=O) groups is 1. The molecule has 5 rings (SSSR count). The monoisotopic (exact) mass is 397 g/mol. The molecule has 2 aromatic rings. The van der Waals surface area contributed by atoms with Gasteiger partial charge in [0, 0.05) is 30.9 Å². The summed E-state index contributed by atoms with van der Waals surface area (Å²) in [4.78, 5) is 20.0. The van der Waals surface area contributed by atoms with Gasteiger partial charge in [-0.25, -0.2) is 4.98 Å². The summed E-state index contributed by atoms with van der Waals surface area (Å²) < 4.78 is 6.12. The van der Waals surface area contributed by atoms with E-state index in [1.807, 2.05) is 6.92 Å². The third kappa shape index (κ3) is 3.17. The van der Waals surface area contributed by atoms with Gasteiger partial charge in [0.05, 0.1) is 22.8 Å². The molecule has 28 heavy (non-hydrogen) atoms. The highest BCUT2D eigenvalue weighted by atomic mass is 32.1. The van der Waals surface area contributed by atoms with E-state index in [2.05, 4.69) is 44.8 Å². The first-order chi connectivity index (χ1) is 13.6. The van der Waals surface area contributed by atoms with Gasteiger partial charge >= 0.3 is 0 Å². The third-order valence-corrected chi connectivity index (χ3v) is 7.37. The number of rotatable bonds is 4. The molecule has 148 valence electrons. The predicted octanol–water partition coefficient (Wildman–Crippen LogP) is 3.51. The number of amides is 1. The van der Waals surface area contributed by atoms with Crippen LogP contribution in [0.4, 0.5) is 0 Å². The maximum absolute atomic E-state index is 12.9. The lowest BCUT2D eigenvalue weighted by atomic mass is 9.86. The van der Waals surface area contributed by atoms with Gasteiger partial charge in [0.2, 0.25) is 5.91 Å². The van der Waals surface area contributed by atoms with Gasteiger partial charge in [0.15, 0.2) is 0 Å². The molecule has 3 aliphatic rings. The van der Waals surface area contributed by atoms with E-state index in [-0.39, 0.29) is 17.6 Å². The summed E-state index contributed by atoms with van der Waals surface area (Å²) in [7, 11) is 0. The lowest BCUT2D eigenvalue weighted by Crippen LogP contribution is -2.43. The van der Waals surface area contributed by atoms with Gasteiger partial charge in [-0.3, -0.25) is 9.69 Å². The summed E-state index contributed by atoms with van der Waals surface area (Å²) in [5.74, 6) is 0.0672. The fourth-order valence-corrected chi connectivity index (χ4v) is 5.73. The first kappa shape index (κ1) is 18.3. The lowest BCUT2D eigenvalue weighted by molar-refractivity contribution is -0.130. The van der Waals surface area contributed by atoms with Gasteiger partial charge in [0.1, 0.15) is 6.10 Å². The summed E-state index contributed by atoms with van der Waals surface area (Å²) >= 11 is 1.69. The van der Waals surface area contributed by atoms with Crippen LogP contribution < -0.4 is 5.32 Å². The fraction of sp³-hybridized carbons (Fsp3) is 0.545. The Bertz CT molecular complexity index is 876. The topological polar surface area (TPSA) is 54.5 Å². The Hall–Kier alpha value is -1.76. The Labute approximate surface area is 170 Å².